The first-order valence-electron chi connectivity index (χ1n) is 6.41. The van der Waals surface area contributed by atoms with E-state index in [1.165, 1.54) is 24.3 Å². The summed E-state index contributed by atoms with van der Waals surface area (Å²) in [4.78, 5) is 11.6. The number of carbonyl (C=O) groups excluding carboxylic acids is 1. The zero-order valence-corrected chi connectivity index (χ0v) is 13.2. The summed E-state index contributed by atoms with van der Waals surface area (Å²) in [5, 5.41) is 9.47. The van der Waals surface area contributed by atoms with E-state index in [-0.39, 0.29) is 35.1 Å². The maximum Gasteiger partial charge on any atom is 0.344 e. The number of rotatable bonds is 5. The van der Waals surface area contributed by atoms with Crippen molar-refractivity contribution in [2.45, 2.75) is 6.61 Å². The maximum absolute atomic E-state index is 13.5. The van der Waals surface area contributed by atoms with Crippen LogP contribution < -0.4 is 4.74 Å². The third-order valence-corrected chi connectivity index (χ3v) is 3.33. The Hall–Kier alpha value is -2.29. The normalized spacial score (nSPS) is 10.0. The van der Waals surface area contributed by atoms with Crippen LogP contribution in [0.3, 0.4) is 0 Å². The molecular formula is C16H10Cl2FNO3. The van der Waals surface area contributed by atoms with E-state index in [1.807, 2.05) is 6.07 Å². The highest BCUT2D eigenvalue weighted by Gasteiger charge is 2.10. The lowest BCUT2D eigenvalue weighted by Gasteiger charge is -2.09. The van der Waals surface area contributed by atoms with Crippen molar-refractivity contribution in [1.82, 2.24) is 0 Å². The van der Waals surface area contributed by atoms with Crippen LogP contribution in [0.15, 0.2) is 36.4 Å². The molecule has 2 rings (SSSR count). The second-order valence-electron chi connectivity index (χ2n) is 4.44. The minimum atomic E-state index is -0.697. The fourth-order valence-corrected chi connectivity index (χ4v) is 2.15. The molecule has 0 aliphatic heterocycles. The number of halogens is 3. The third kappa shape index (κ3) is 4.85. The smallest absolute Gasteiger partial charge is 0.344 e. The van der Waals surface area contributed by atoms with Gasteiger partial charge in [0.05, 0.1) is 16.7 Å². The summed E-state index contributed by atoms with van der Waals surface area (Å²) >= 11 is 11.6. The van der Waals surface area contributed by atoms with Crippen LogP contribution >= 0.6 is 23.2 Å². The number of esters is 1. The quantitative estimate of drug-likeness (QED) is 0.758. The highest BCUT2D eigenvalue weighted by Crippen LogP contribution is 2.27. The lowest BCUT2D eigenvalue weighted by Crippen LogP contribution is -2.15. The number of nitriles is 1. The van der Waals surface area contributed by atoms with Gasteiger partial charge in [0.25, 0.3) is 0 Å². The third-order valence-electron chi connectivity index (χ3n) is 2.80. The fourth-order valence-electron chi connectivity index (χ4n) is 1.68. The average Bonchev–Trinajstić information content (AvgIpc) is 2.53. The Morgan fingerprint density at radius 1 is 1.22 bits per heavy atom. The highest BCUT2D eigenvalue weighted by molar-refractivity contribution is 6.35. The Morgan fingerprint density at radius 2 is 2.00 bits per heavy atom. The first kappa shape index (κ1) is 17.1. The van der Waals surface area contributed by atoms with Gasteiger partial charge in [0.2, 0.25) is 0 Å². The number of hydrogen-bond donors (Lipinski definition) is 0. The summed E-state index contributed by atoms with van der Waals surface area (Å²) in [5.41, 5.74) is 0.392. The van der Waals surface area contributed by atoms with Crippen molar-refractivity contribution < 1.29 is 18.7 Å². The average molecular weight is 354 g/mol. The Kier molecular flexibility index (Phi) is 5.80. The van der Waals surface area contributed by atoms with E-state index in [0.29, 0.717) is 5.02 Å². The van der Waals surface area contributed by atoms with Crippen molar-refractivity contribution >= 4 is 29.2 Å². The molecule has 0 heterocycles. The Morgan fingerprint density at radius 3 is 2.70 bits per heavy atom. The van der Waals surface area contributed by atoms with Gasteiger partial charge in [-0.1, -0.05) is 23.2 Å². The van der Waals surface area contributed by atoms with Gasteiger partial charge in [0, 0.05) is 10.6 Å². The molecule has 0 saturated heterocycles. The molecular weight excluding hydrogens is 344 g/mol. The summed E-state index contributed by atoms with van der Waals surface area (Å²) in [6.45, 7) is -0.682. The predicted molar refractivity (Wildman–Crippen MR) is 82.9 cm³/mol. The molecule has 2 aromatic carbocycles. The monoisotopic (exact) mass is 353 g/mol. The van der Waals surface area contributed by atoms with Crippen molar-refractivity contribution in [3.8, 4) is 11.8 Å². The molecule has 118 valence electrons. The van der Waals surface area contributed by atoms with E-state index in [2.05, 4.69) is 0 Å². The van der Waals surface area contributed by atoms with Gasteiger partial charge in [-0.2, -0.15) is 5.26 Å². The lowest BCUT2D eigenvalue weighted by atomic mass is 10.1. The first-order valence-corrected chi connectivity index (χ1v) is 7.17. The van der Waals surface area contributed by atoms with Gasteiger partial charge in [-0.3, -0.25) is 0 Å². The van der Waals surface area contributed by atoms with Crippen molar-refractivity contribution in [3.63, 3.8) is 0 Å². The molecule has 0 bridgehead atoms. The number of nitrogens with zero attached hydrogens (tertiary/aromatic N) is 1. The zero-order valence-electron chi connectivity index (χ0n) is 11.7. The molecule has 0 aliphatic rings. The van der Waals surface area contributed by atoms with Gasteiger partial charge in [-0.15, -0.1) is 0 Å². The second kappa shape index (κ2) is 7.82. The van der Waals surface area contributed by atoms with Crippen LogP contribution in [0.5, 0.6) is 5.75 Å². The Balaban J connectivity index is 1.89. The Bertz CT molecular complexity index is 774. The van der Waals surface area contributed by atoms with E-state index in [0.717, 1.165) is 6.07 Å². The number of benzene rings is 2. The molecule has 23 heavy (non-hydrogen) atoms. The largest absolute Gasteiger partial charge is 0.480 e. The SMILES string of the molecule is N#Cc1ccc(F)c(COC(=O)COc2ccc(Cl)cc2Cl)c1. The van der Waals surface area contributed by atoms with Crippen molar-refractivity contribution in [1.29, 1.82) is 5.26 Å². The molecule has 0 amide bonds. The number of carbonyl (C=O) groups is 1. The van der Waals surface area contributed by atoms with E-state index < -0.39 is 11.8 Å². The van der Waals surface area contributed by atoms with Gasteiger partial charge >= 0.3 is 5.97 Å². The predicted octanol–water partition coefficient (Wildman–Crippen LogP) is 4.13. The van der Waals surface area contributed by atoms with Gasteiger partial charge in [0.1, 0.15) is 18.2 Å². The van der Waals surface area contributed by atoms with Gasteiger partial charge in [-0.05, 0) is 36.4 Å². The van der Waals surface area contributed by atoms with Crippen LogP contribution in [0, 0.1) is 17.1 Å². The van der Waals surface area contributed by atoms with Crippen LogP contribution in [0.1, 0.15) is 11.1 Å². The molecule has 2 aromatic rings. The highest BCUT2D eigenvalue weighted by atomic mass is 35.5. The van der Waals surface area contributed by atoms with Gasteiger partial charge < -0.3 is 9.47 Å². The molecule has 4 nitrogen and oxygen atoms in total. The van der Waals surface area contributed by atoms with Crippen molar-refractivity contribution in [3.05, 3.63) is 63.4 Å². The summed E-state index contributed by atoms with van der Waals surface area (Å²) in [6, 6.07) is 10.3. The van der Waals surface area contributed by atoms with Gasteiger partial charge in [0.15, 0.2) is 6.61 Å². The summed E-state index contributed by atoms with van der Waals surface area (Å²) in [7, 11) is 0. The van der Waals surface area contributed by atoms with E-state index in [1.54, 1.807) is 6.07 Å². The molecule has 0 atom stereocenters. The minimum Gasteiger partial charge on any atom is -0.480 e. The van der Waals surface area contributed by atoms with Crippen LogP contribution in [-0.2, 0) is 16.1 Å². The van der Waals surface area contributed by atoms with E-state index >= 15 is 0 Å². The topological polar surface area (TPSA) is 59.3 Å². The van der Waals surface area contributed by atoms with Gasteiger partial charge in [-0.25, -0.2) is 9.18 Å². The zero-order chi connectivity index (χ0) is 16.8. The minimum absolute atomic E-state index is 0.113. The van der Waals surface area contributed by atoms with Crippen LogP contribution in [-0.4, -0.2) is 12.6 Å². The fraction of sp³-hybridized carbons (Fsp3) is 0.125. The number of ether oxygens (including phenoxy) is 2. The second-order valence-corrected chi connectivity index (χ2v) is 5.29. The summed E-state index contributed by atoms with van der Waals surface area (Å²) in [6.07, 6.45) is 0. The van der Waals surface area contributed by atoms with Crippen LogP contribution in [0.4, 0.5) is 4.39 Å². The molecule has 0 N–H and O–H groups in total. The molecule has 0 spiro atoms. The molecule has 0 unspecified atom stereocenters. The molecule has 0 radical (unpaired) electrons. The molecule has 0 aromatic heterocycles. The van der Waals surface area contributed by atoms with Crippen LogP contribution in [0.25, 0.3) is 0 Å². The summed E-state index contributed by atoms with van der Waals surface area (Å²) < 4.78 is 23.7. The lowest BCUT2D eigenvalue weighted by molar-refractivity contribution is -0.147. The molecule has 0 aliphatic carbocycles. The molecule has 0 fully saturated rings. The standard InChI is InChI=1S/C16H10Cl2FNO3/c17-12-2-4-15(13(18)6-12)22-9-16(21)23-8-11-5-10(7-20)1-3-14(11)19/h1-6H,8-9H2. The van der Waals surface area contributed by atoms with E-state index in [4.69, 9.17) is 37.9 Å². The van der Waals surface area contributed by atoms with Crippen molar-refractivity contribution in [2.24, 2.45) is 0 Å². The molecule has 7 heteroatoms. The maximum atomic E-state index is 13.5. The van der Waals surface area contributed by atoms with Crippen LogP contribution in [0.2, 0.25) is 10.0 Å². The van der Waals surface area contributed by atoms with Crippen molar-refractivity contribution in [2.75, 3.05) is 6.61 Å². The first-order chi connectivity index (χ1) is 11.0. The Labute approximate surface area is 142 Å². The molecule has 0 saturated carbocycles. The van der Waals surface area contributed by atoms with E-state index in [9.17, 15) is 9.18 Å². The number of hydrogen-bond acceptors (Lipinski definition) is 4. The summed E-state index contributed by atoms with van der Waals surface area (Å²) in [5.74, 6) is -0.970.